The summed E-state index contributed by atoms with van der Waals surface area (Å²) >= 11 is 1.54. The fourth-order valence-electron chi connectivity index (χ4n) is 4.62. The maximum absolute atomic E-state index is 13.3. The minimum Gasteiger partial charge on any atom is -0.335 e. The minimum absolute atomic E-state index is 0.279. The number of hydrogen-bond acceptors (Lipinski definition) is 5. The van der Waals surface area contributed by atoms with Crippen molar-refractivity contribution in [3.8, 4) is 0 Å². The predicted molar refractivity (Wildman–Crippen MR) is 127 cm³/mol. The van der Waals surface area contributed by atoms with E-state index in [9.17, 15) is 14.4 Å². The first-order chi connectivity index (χ1) is 15.8. The van der Waals surface area contributed by atoms with Crippen molar-refractivity contribution in [2.45, 2.75) is 44.7 Å². The third-order valence-corrected chi connectivity index (χ3v) is 8.09. The van der Waals surface area contributed by atoms with Gasteiger partial charge in [-0.25, -0.2) is 9.78 Å². The second-order valence-electron chi connectivity index (χ2n) is 8.98. The van der Waals surface area contributed by atoms with Gasteiger partial charge in [0.2, 0.25) is 5.91 Å². The molecule has 2 atom stereocenters. The van der Waals surface area contributed by atoms with Crippen LogP contribution in [0.3, 0.4) is 0 Å². The van der Waals surface area contributed by atoms with Crippen molar-refractivity contribution < 1.29 is 14.4 Å². The summed E-state index contributed by atoms with van der Waals surface area (Å²) in [6.45, 7) is 3.30. The normalized spacial score (nSPS) is 20.8. The fourth-order valence-corrected chi connectivity index (χ4v) is 5.68. The van der Waals surface area contributed by atoms with Crippen molar-refractivity contribution in [3.63, 3.8) is 0 Å². The van der Waals surface area contributed by atoms with Crippen molar-refractivity contribution >= 4 is 39.4 Å². The van der Waals surface area contributed by atoms with Gasteiger partial charge in [0.1, 0.15) is 17.1 Å². The monoisotopic (exact) mass is 462 g/mol. The van der Waals surface area contributed by atoms with Crippen LogP contribution >= 0.6 is 11.3 Å². The van der Waals surface area contributed by atoms with Crippen LogP contribution in [0, 0.1) is 0 Å². The molecule has 2 aromatic carbocycles. The molecule has 3 aromatic rings. The Morgan fingerprint density at radius 2 is 1.97 bits per heavy atom. The number of benzene rings is 2. The van der Waals surface area contributed by atoms with Gasteiger partial charge in [0.15, 0.2) is 0 Å². The number of hydrogen-bond donors (Lipinski definition) is 1. The van der Waals surface area contributed by atoms with Gasteiger partial charge in [-0.15, -0.1) is 11.3 Å². The van der Waals surface area contributed by atoms with Crippen LogP contribution in [0.4, 0.5) is 4.79 Å². The first-order valence-corrected chi connectivity index (χ1v) is 12.0. The Balaban J connectivity index is 1.32. The molecule has 1 aliphatic heterocycles. The molecular formula is C25H26N4O3S. The standard InChI is InChI=1S/C25H26N4O3S/c1-15(22-26-19-9-4-5-10-20(19)33-22)28(3)21(30)14-29-23(31)25(2,27-24(29)32)18-12-11-16-7-6-8-17(16)13-18/h4-5,9-13,15H,6-8,14H2,1-3H3,(H,27,32). The van der Waals surface area contributed by atoms with E-state index in [2.05, 4.69) is 10.3 Å². The van der Waals surface area contributed by atoms with Crippen LogP contribution in [-0.2, 0) is 28.0 Å². The van der Waals surface area contributed by atoms with Crippen LogP contribution in [0.15, 0.2) is 42.5 Å². The highest BCUT2D eigenvalue weighted by molar-refractivity contribution is 7.18. The Morgan fingerprint density at radius 3 is 2.76 bits per heavy atom. The number of carbonyl (C=O) groups is 3. The number of aromatic nitrogens is 1. The van der Waals surface area contributed by atoms with Crippen molar-refractivity contribution in [3.05, 3.63) is 64.2 Å². The maximum atomic E-state index is 13.3. The summed E-state index contributed by atoms with van der Waals surface area (Å²) < 4.78 is 1.06. The molecule has 5 rings (SSSR count). The number of likely N-dealkylation sites (N-methyl/N-ethyl adjacent to an activating group) is 1. The number of carbonyl (C=O) groups excluding carboxylic acids is 3. The maximum Gasteiger partial charge on any atom is 0.325 e. The van der Waals surface area contributed by atoms with Gasteiger partial charge >= 0.3 is 6.03 Å². The highest BCUT2D eigenvalue weighted by Crippen LogP contribution is 2.33. The molecule has 2 aliphatic rings. The molecule has 170 valence electrons. The van der Waals surface area contributed by atoms with Crippen LogP contribution in [-0.4, -0.2) is 46.2 Å². The number of rotatable bonds is 5. The molecule has 0 spiro atoms. The van der Waals surface area contributed by atoms with Crippen LogP contribution in [0.5, 0.6) is 0 Å². The van der Waals surface area contributed by atoms with Gasteiger partial charge in [-0.3, -0.25) is 14.5 Å². The van der Waals surface area contributed by atoms with E-state index in [1.165, 1.54) is 22.5 Å². The Hall–Kier alpha value is -3.26. The van der Waals surface area contributed by atoms with E-state index < -0.39 is 17.5 Å². The number of para-hydroxylation sites is 1. The number of fused-ring (bicyclic) bond motifs is 2. The molecule has 8 heteroatoms. The van der Waals surface area contributed by atoms with Crippen molar-refractivity contribution in [2.24, 2.45) is 0 Å². The number of nitrogens with zero attached hydrogens (tertiary/aromatic N) is 3. The van der Waals surface area contributed by atoms with Gasteiger partial charge in [0.25, 0.3) is 5.91 Å². The summed E-state index contributed by atoms with van der Waals surface area (Å²) in [5, 5.41) is 3.63. The second-order valence-corrected chi connectivity index (χ2v) is 10.0. The smallest absolute Gasteiger partial charge is 0.325 e. The molecule has 33 heavy (non-hydrogen) atoms. The summed E-state index contributed by atoms with van der Waals surface area (Å²) in [6, 6.07) is 13.0. The second kappa shape index (κ2) is 7.95. The lowest BCUT2D eigenvalue weighted by Gasteiger charge is -2.26. The molecule has 0 saturated carbocycles. The summed E-state index contributed by atoms with van der Waals surface area (Å²) in [7, 11) is 1.68. The first kappa shape index (κ1) is 21.6. The zero-order chi connectivity index (χ0) is 23.3. The Bertz CT molecular complexity index is 1250. The lowest BCUT2D eigenvalue weighted by molar-refractivity contribution is -0.139. The van der Waals surface area contributed by atoms with Crippen LogP contribution < -0.4 is 5.32 Å². The van der Waals surface area contributed by atoms with E-state index >= 15 is 0 Å². The van der Waals surface area contributed by atoms with Crippen molar-refractivity contribution in [1.29, 1.82) is 0 Å². The Morgan fingerprint density at radius 1 is 1.21 bits per heavy atom. The number of thiazole rings is 1. The largest absolute Gasteiger partial charge is 0.335 e. The van der Waals surface area contributed by atoms with Crippen LogP contribution in [0.1, 0.15) is 48.0 Å². The molecule has 7 nitrogen and oxygen atoms in total. The summed E-state index contributed by atoms with van der Waals surface area (Å²) in [4.78, 5) is 46.3. The van der Waals surface area contributed by atoms with Gasteiger partial charge in [0.05, 0.1) is 16.3 Å². The van der Waals surface area contributed by atoms with Gasteiger partial charge in [-0.1, -0.05) is 30.3 Å². The van der Waals surface area contributed by atoms with Crippen LogP contribution in [0.2, 0.25) is 0 Å². The highest BCUT2D eigenvalue weighted by Gasteiger charge is 2.50. The van der Waals surface area contributed by atoms with E-state index in [4.69, 9.17) is 0 Å². The number of nitrogens with one attached hydrogen (secondary N) is 1. The number of amides is 4. The molecule has 1 aliphatic carbocycles. The first-order valence-electron chi connectivity index (χ1n) is 11.2. The summed E-state index contributed by atoms with van der Waals surface area (Å²) in [6.07, 6.45) is 3.14. The van der Waals surface area contributed by atoms with E-state index in [0.717, 1.165) is 45.0 Å². The lowest BCUT2D eigenvalue weighted by Crippen LogP contribution is -2.44. The van der Waals surface area contributed by atoms with Crippen molar-refractivity contribution in [2.75, 3.05) is 13.6 Å². The average molecular weight is 463 g/mol. The SMILES string of the molecule is CC(c1nc2ccccc2s1)N(C)C(=O)CN1C(=O)NC(C)(c2ccc3c(c2)CCC3)C1=O. The van der Waals surface area contributed by atoms with E-state index in [0.29, 0.717) is 0 Å². The zero-order valence-corrected chi connectivity index (χ0v) is 19.7. The Kier molecular flexibility index (Phi) is 5.20. The van der Waals surface area contributed by atoms with Gasteiger partial charge in [-0.2, -0.15) is 0 Å². The molecule has 1 aromatic heterocycles. The van der Waals surface area contributed by atoms with E-state index in [-0.39, 0.29) is 18.5 Å². The van der Waals surface area contributed by atoms with E-state index in [1.54, 1.807) is 18.9 Å². The topological polar surface area (TPSA) is 82.6 Å². The van der Waals surface area contributed by atoms with Gasteiger partial charge < -0.3 is 10.2 Å². The number of aryl methyl sites for hydroxylation is 2. The molecule has 4 amide bonds. The lowest BCUT2D eigenvalue weighted by atomic mass is 9.89. The molecule has 2 unspecified atom stereocenters. The Labute approximate surface area is 196 Å². The highest BCUT2D eigenvalue weighted by atomic mass is 32.1. The summed E-state index contributed by atoms with van der Waals surface area (Å²) in [5.41, 5.74) is 3.01. The molecule has 0 bridgehead atoms. The quantitative estimate of drug-likeness (QED) is 0.585. The average Bonchev–Trinajstić information content (AvgIpc) is 3.51. The zero-order valence-electron chi connectivity index (χ0n) is 18.9. The molecule has 2 heterocycles. The molecule has 1 saturated heterocycles. The van der Waals surface area contributed by atoms with Gasteiger partial charge in [-0.05, 0) is 61.9 Å². The minimum atomic E-state index is -1.17. The molecule has 0 radical (unpaired) electrons. The molecular weight excluding hydrogens is 436 g/mol. The molecule has 1 fully saturated rings. The van der Waals surface area contributed by atoms with Crippen molar-refractivity contribution in [1.82, 2.24) is 20.1 Å². The third kappa shape index (κ3) is 3.58. The number of urea groups is 1. The third-order valence-electron chi connectivity index (χ3n) is 6.89. The van der Waals surface area contributed by atoms with E-state index in [1.807, 2.05) is 49.4 Å². The summed E-state index contributed by atoms with van der Waals surface area (Å²) in [5.74, 6) is -0.719. The fraction of sp³-hybridized carbons (Fsp3) is 0.360. The predicted octanol–water partition coefficient (Wildman–Crippen LogP) is 3.77. The number of imide groups is 1. The van der Waals surface area contributed by atoms with Gasteiger partial charge in [0, 0.05) is 7.05 Å². The van der Waals surface area contributed by atoms with Crippen LogP contribution in [0.25, 0.3) is 10.2 Å². The molecule has 1 N–H and O–H groups in total.